The van der Waals surface area contributed by atoms with Crippen LogP contribution in [-0.4, -0.2) is 6.54 Å². The molecule has 0 unspecified atom stereocenters. The van der Waals surface area contributed by atoms with Gasteiger partial charge in [-0.3, -0.25) is 0 Å². The predicted molar refractivity (Wildman–Crippen MR) is 90.5 cm³/mol. The molecule has 2 aromatic rings. The molecule has 0 radical (unpaired) electrons. The molecule has 0 aliphatic heterocycles. The van der Waals surface area contributed by atoms with Gasteiger partial charge in [-0.25, -0.2) is 0 Å². The molecule has 0 amide bonds. The number of alkyl halides is 1. The fraction of sp³-hybridized carbons (Fsp3) is 0.188. The summed E-state index contributed by atoms with van der Waals surface area (Å²) < 4.78 is 1.04. The van der Waals surface area contributed by atoms with Crippen LogP contribution in [0, 0.1) is 11.3 Å². The van der Waals surface area contributed by atoms with Gasteiger partial charge < -0.3 is 4.90 Å². The van der Waals surface area contributed by atoms with Gasteiger partial charge in [0.2, 0.25) is 0 Å². The summed E-state index contributed by atoms with van der Waals surface area (Å²) in [5.74, 6) is 0. The summed E-state index contributed by atoms with van der Waals surface area (Å²) in [5, 5.41) is 9.69. The van der Waals surface area contributed by atoms with Gasteiger partial charge in [0.1, 0.15) is 0 Å². The average molecular weight is 394 g/mol. The Hall–Kier alpha value is -1.31. The van der Waals surface area contributed by atoms with E-state index in [-0.39, 0.29) is 0 Å². The lowest BCUT2D eigenvalue weighted by Crippen LogP contribution is -2.18. The number of anilines is 2. The van der Waals surface area contributed by atoms with E-state index in [4.69, 9.17) is 5.26 Å². The largest absolute Gasteiger partial charge is 0.340 e. The predicted octanol–water partition coefficient (Wildman–Crippen LogP) is 5.40. The summed E-state index contributed by atoms with van der Waals surface area (Å²) in [6, 6.07) is 18.6. The van der Waals surface area contributed by atoms with Crippen LogP contribution < -0.4 is 4.90 Å². The normalized spacial score (nSPS) is 10.1. The lowest BCUT2D eigenvalue weighted by Gasteiger charge is -2.25. The van der Waals surface area contributed by atoms with Crippen molar-refractivity contribution in [2.24, 2.45) is 0 Å². The van der Waals surface area contributed by atoms with Crippen LogP contribution >= 0.6 is 31.9 Å². The van der Waals surface area contributed by atoms with Gasteiger partial charge in [0.25, 0.3) is 0 Å². The minimum Gasteiger partial charge on any atom is -0.340 e. The molecule has 0 spiro atoms. The Morgan fingerprint density at radius 3 is 2.45 bits per heavy atom. The van der Waals surface area contributed by atoms with E-state index in [9.17, 15) is 0 Å². The maximum absolute atomic E-state index is 8.87. The number of hydrogen-bond donors (Lipinski definition) is 0. The fourth-order valence-electron chi connectivity index (χ4n) is 2.01. The number of nitriles is 1. The van der Waals surface area contributed by atoms with Crippen LogP contribution in [-0.2, 0) is 5.33 Å². The zero-order valence-corrected chi connectivity index (χ0v) is 14.1. The van der Waals surface area contributed by atoms with Crippen LogP contribution in [0.1, 0.15) is 12.0 Å². The van der Waals surface area contributed by atoms with Gasteiger partial charge in [0, 0.05) is 22.0 Å². The fourth-order valence-corrected chi connectivity index (χ4v) is 3.00. The first-order chi connectivity index (χ1) is 9.76. The molecular weight excluding hydrogens is 380 g/mol. The molecule has 0 N–H and O–H groups in total. The van der Waals surface area contributed by atoms with Crippen LogP contribution in [0.25, 0.3) is 0 Å². The van der Waals surface area contributed by atoms with E-state index in [1.165, 1.54) is 5.56 Å². The van der Waals surface area contributed by atoms with Crippen molar-refractivity contribution in [2.45, 2.75) is 11.8 Å². The number of halogens is 2. The Labute approximate surface area is 136 Å². The molecule has 2 nitrogen and oxygen atoms in total. The number of hydrogen-bond acceptors (Lipinski definition) is 2. The van der Waals surface area contributed by atoms with Crippen molar-refractivity contribution in [3.8, 4) is 6.07 Å². The molecule has 2 rings (SSSR count). The number of nitrogens with zero attached hydrogens (tertiary/aromatic N) is 2. The highest BCUT2D eigenvalue weighted by Gasteiger charge is 2.12. The van der Waals surface area contributed by atoms with E-state index in [1.807, 2.05) is 18.2 Å². The molecule has 102 valence electrons. The van der Waals surface area contributed by atoms with Gasteiger partial charge in [-0.2, -0.15) is 5.26 Å². The van der Waals surface area contributed by atoms with Crippen molar-refractivity contribution in [3.05, 3.63) is 58.6 Å². The van der Waals surface area contributed by atoms with E-state index in [2.05, 4.69) is 73.2 Å². The zero-order valence-electron chi connectivity index (χ0n) is 10.9. The summed E-state index contributed by atoms with van der Waals surface area (Å²) in [6.07, 6.45) is 0.488. The highest BCUT2D eigenvalue weighted by atomic mass is 79.9. The molecule has 4 heteroatoms. The second-order valence-electron chi connectivity index (χ2n) is 4.31. The first kappa shape index (κ1) is 15.1. The molecule has 0 aliphatic carbocycles. The van der Waals surface area contributed by atoms with Crippen LogP contribution in [0.4, 0.5) is 11.4 Å². The van der Waals surface area contributed by atoms with E-state index < -0.39 is 0 Å². The average Bonchev–Trinajstić information content (AvgIpc) is 2.50. The second-order valence-corrected chi connectivity index (χ2v) is 5.73. The quantitative estimate of drug-likeness (QED) is 0.636. The van der Waals surface area contributed by atoms with Crippen LogP contribution in [0.5, 0.6) is 0 Å². The third kappa shape index (κ3) is 3.62. The Morgan fingerprint density at radius 1 is 1.10 bits per heavy atom. The second kappa shape index (κ2) is 7.47. The first-order valence-corrected chi connectivity index (χ1v) is 8.21. The Morgan fingerprint density at radius 2 is 1.85 bits per heavy atom. The van der Waals surface area contributed by atoms with Crippen molar-refractivity contribution >= 4 is 43.2 Å². The highest BCUT2D eigenvalue weighted by molar-refractivity contribution is 9.10. The van der Waals surface area contributed by atoms with E-state index in [1.54, 1.807) is 0 Å². The summed E-state index contributed by atoms with van der Waals surface area (Å²) >= 11 is 7.09. The topological polar surface area (TPSA) is 27.0 Å². The van der Waals surface area contributed by atoms with Gasteiger partial charge >= 0.3 is 0 Å². The highest BCUT2D eigenvalue weighted by Crippen LogP contribution is 2.33. The molecule has 2 aromatic carbocycles. The smallest absolute Gasteiger partial charge is 0.0640 e. The maximum Gasteiger partial charge on any atom is 0.0640 e. The summed E-state index contributed by atoms with van der Waals surface area (Å²) in [6.45, 7) is 0.673. The first-order valence-electron chi connectivity index (χ1n) is 6.30. The zero-order chi connectivity index (χ0) is 14.4. The molecular formula is C16H14Br2N2. The van der Waals surface area contributed by atoms with Gasteiger partial charge in [-0.1, -0.05) is 40.2 Å². The van der Waals surface area contributed by atoms with Crippen molar-refractivity contribution in [3.63, 3.8) is 0 Å². The molecule has 0 atom stereocenters. The molecule has 0 aromatic heterocycles. The Balaban J connectivity index is 2.39. The lowest BCUT2D eigenvalue weighted by atomic mass is 10.2. The van der Waals surface area contributed by atoms with E-state index in [0.717, 1.165) is 21.2 Å². The standard InChI is InChI=1S/C16H14Br2N2/c17-12-13-7-8-16(15(18)11-13)20(10-4-9-19)14-5-2-1-3-6-14/h1-3,5-8,11H,4,10,12H2. The van der Waals surface area contributed by atoms with E-state index in [0.29, 0.717) is 13.0 Å². The molecule has 20 heavy (non-hydrogen) atoms. The van der Waals surface area contributed by atoms with Gasteiger partial charge in [0.05, 0.1) is 18.2 Å². The van der Waals surface area contributed by atoms with Crippen molar-refractivity contribution in [2.75, 3.05) is 11.4 Å². The third-order valence-electron chi connectivity index (χ3n) is 2.97. The van der Waals surface area contributed by atoms with Gasteiger partial charge in [-0.05, 0) is 45.8 Å². The van der Waals surface area contributed by atoms with Crippen LogP contribution in [0.15, 0.2) is 53.0 Å². The van der Waals surface area contributed by atoms with Gasteiger partial charge in [0.15, 0.2) is 0 Å². The lowest BCUT2D eigenvalue weighted by molar-refractivity contribution is 0.945. The summed E-state index contributed by atoms with van der Waals surface area (Å²) in [4.78, 5) is 2.16. The van der Waals surface area contributed by atoms with Crippen molar-refractivity contribution in [1.82, 2.24) is 0 Å². The summed E-state index contributed by atoms with van der Waals surface area (Å²) in [5.41, 5.74) is 3.39. The van der Waals surface area contributed by atoms with Crippen LogP contribution in [0.3, 0.4) is 0 Å². The third-order valence-corrected chi connectivity index (χ3v) is 4.25. The maximum atomic E-state index is 8.87. The van der Waals surface area contributed by atoms with Crippen LogP contribution in [0.2, 0.25) is 0 Å². The molecule has 0 saturated heterocycles. The molecule has 0 aliphatic rings. The molecule has 0 saturated carbocycles. The number of para-hydroxylation sites is 1. The number of benzene rings is 2. The van der Waals surface area contributed by atoms with Crippen molar-refractivity contribution < 1.29 is 0 Å². The van der Waals surface area contributed by atoms with E-state index >= 15 is 0 Å². The number of rotatable bonds is 5. The van der Waals surface area contributed by atoms with Crippen molar-refractivity contribution in [1.29, 1.82) is 5.26 Å². The SMILES string of the molecule is N#CCCN(c1ccccc1)c1ccc(CBr)cc1Br. The monoisotopic (exact) mass is 392 g/mol. The molecule has 0 fully saturated rings. The summed E-state index contributed by atoms with van der Waals surface area (Å²) in [7, 11) is 0. The minimum absolute atomic E-state index is 0.488. The molecule has 0 bridgehead atoms. The molecule has 0 heterocycles. The minimum atomic E-state index is 0.488. The Kier molecular flexibility index (Phi) is 5.63. The van der Waals surface area contributed by atoms with Gasteiger partial charge in [-0.15, -0.1) is 0 Å². The Bertz CT molecular complexity index is 606.